The third-order valence-corrected chi connectivity index (χ3v) is 5.24. The first-order chi connectivity index (χ1) is 9.15. The minimum atomic E-state index is -0.00643. The number of halogens is 2. The average Bonchev–Trinajstić information content (AvgIpc) is 2.39. The molecule has 0 aromatic carbocycles. The number of alkyl halides is 2. The van der Waals surface area contributed by atoms with Crippen molar-refractivity contribution in [3.63, 3.8) is 0 Å². The second kappa shape index (κ2) is 7.13. The molecule has 19 heavy (non-hydrogen) atoms. The van der Waals surface area contributed by atoms with E-state index in [0.717, 1.165) is 25.7 Å². The second-order valence-electron chi connectivity index (χ2n) is 5.14. The van der Waals surface area contributed by atoms with E-state index in [1.807, 2.05) is 6.08 Å². The Hall–Kier alpha value is -0.0100. The molecule has 0 aromatic heterocycles. The molecule has 2 aliphatic rings. The van der Waals surface area contributed by atoms with Gasteiger partial charge in [0, 0.05) is 4.83 Å². The number of ether oxygens (including phenoxy) is 2. The predicted octanol–water partition coefficient (Wildman–Crippen LogP) is 3.66. The van der Waals surface area contributed by atoms with E-state index in [4.69, 9.17) is 27.5 Å². The minimum Gasteiger partial charge on any atom is -0.371 e. The first kappa shape index (κ1) is 15.4. The summed E-state index contributed by atoms with van der Waals surface area (Å²) in [6.45, 7) is 2.15. The summed E-state index contributed by atoms with van der Waals surface area (Å²) in [7, 11) is 0. The van der Waals surface area contributed by atoms with Gasteiger partial charge in [0.2, 0.25) is 0 Å². The van der Waals surface area contributed by atoms with Crippen molar-refractivity contribution in [2.75, 3.05) is 0 Å². The van der Waals surface area contributed by atoms with E-state index in [2.05, 4.69) is 28.8 Å². The van der Waals surface area contributed by atoms with Crippen molar-refractivity contribution in [2.45, 2.75) is 67.2 Å². The molecular weight excluding hydrogens is 328 g/mol. The summed E-state index contributed by atoms with van der Waals surface area (Å²) >= 11 is 10.1. The van der Waals surface area contributed by atoms with E-state index in [1.165, 1.54) is 0 Å². The van der Waals surface area contributed by atoms with Crippen molar-refractivity contribution in [3.8, 4) is 12.3 Å². The molecule has 0 radical (unpaired) electrons. The first-order valence-electron chi connectivity index (χ1n) is 6.85. The van der Waals surface area contributed by atoms with Crippen LogP contribution in [0.15, 0.2) is 12.2 Å². The van der Waals surface area contributed by atoms with Crippen LogP contribution in [0.3, 0.4) is 0 Å². The van der Waals surface area contributed by atoms with Crippen molar-refractivity contribution in [3.05, 3.63) is 12.2 Å². The van der Waals surface area contributed by atoms with Crippen molar-refractivity contribution < 1.29 is 9.47 Å². The van der Waals surface area contributed by atoms with Crippen LogP contribution in [-0.2, 0) is 9.47 Å². The van der Waals surface area contributed by atoms with E-state index >= 15 is 0 Å². The van der Waals surface area contributed by atoms with Gasteiger partial charge in [-0.05, 0) is 31.8 Å². The molecule has 0 aliphatic carbocycles. The highest BCUT2D eigenvalue weighted by Crippen LogP contribution is 2.37. The van der Waals surface area contributed by atoms with Gasteiger partial charge in [-0.1, -0.05) is 34.9 Å². The number of hydrogen-bond acceptors (Lipinski definition) is 2. The van der Waals surface area contributed by atoms with E-state index in [-0.39, 0.29) is 29.8 Å². The van der Waals surface area contributed by atoms with Gasteiger partial charge >= 0.3 is 0 Å². The molecule has 0 saturated carbocycles. The predicted molar refractivity (Wildman–Crippen MR) is 81.8 cm³/mol. The molecule has 2 aliphatic heterocycles. The monoisotopic (exact) mass is 346 g/mol. The lowest BCUT2D eigenvalue weighted by atomic mass is 9.91. The molecule has 2 rings (SSSR count). The van der Waals surface area contributed by atoms with Crippen LogP contribution in [0.1, 0.15) is 32.6 Å². The zero-order valence-corrected chi connectivity index (χ0v) is 13.4. The Morgan fingerprint density at radius 3 is 2.68 bits per heavy atom. The fourth-order valence-corrected chi connectivity index (χ4v) is 3.99. The molecule has 0 aromatic rings. The zero-order valence-electron chi connectivity index (χ0n) is 11.1. The molecule has 0 bridgehead atoms. The lowest BCUT2D eigenvalue weighted by Gasteiger charge is -2.45. The molecule has 0 amide bonds. The summed E-state index contributed by atoms with van der Waals surface area (Å²) in [5.41, 5.74) is 0. The van der Waals surface area contributed by atoms with Crippen molar-refractivity contribution >= 4 is 27.5 Å². The van der Waals surface area contributed by atoms with Crippen LogP contribution >= 0.6 is 27.5 Å². The highest BCUT2D eigenvalue weighted by atomic mass is 79.9. The Labute approximate surface area is 129 Å². The Bertz CT molecular complexity index is 366. The molecule has 0 N–H and O–H groups in total. The van der Waals surface area contributed by atoms with Crippen LogP contribution in [0.2, 0.25) is 0 Å². The number of terminal acetylenes is 1. The largest absolute Gasteiger partial charge is 0.371 e. The van der Waals surface area contributed by atoms with Gasteiger partial charge in [0.1, 0.15) is 0 Å². The van der Waals surface area contributed by atoms with Crippen LogP contribution < -0.4 is 0 Å². The molecule has 2 fully saturated rings. The van der Waals surface area contributed by atoms with Gasteiger partial charge in [0.05, 0.1) is 29.8 Å². The van der Waals surface area contributed by atoms with Crippen LogP contribution in [-0.4, -0.2) is 34.6 Å². The second-order valence-corrected chi connectivity index (χ2v) is 6.88. The fourth-order valence-electron chi connectivity index (χ4n) is 2.78. The van der Waals surface area contributed by atoms with Gasteiger partial charge in [-0.25, -0.2) is 0 Å². The fraction of sp³-hybridized carbons (Fsp3) is 0.733. The van der Waals surface area contributed by atoms with Crippen LogP contribution in [0, 0.1) is 12.3 Å². The highest BCUT2D eigenvalue weighted by Gasteiger charge is 2.43. The topological polar surface area (TPSA) is 18.5 Å². The van der Waals surface area contributed by atoms with Gasteiger partial charge in [0.15, 0.2) is 0 Å². The van der Waals surface area contributed by atoms with E-state index < -0.39 is 0 Å². The highest BCUT2D eigenvalue weighted by molar-refractivity contribution is 9.09. The third-order valence-electron chi connectivity index (χ3n) is 3.82. The number of allylic oxidation sites excluding steroid dienone is 1. The van der Waals surface area contributed by atoms with Crippen LogP contribution in [0.25, 0.3) is 0 Å². The Morgan fingerprint density at radius 1 is 1.32 bits per heavy atom. The summed E-state index contributed by atoms with van der Waals surface area (Å²) in [5.74, 6) is 2.49. The Kier molecular flexibility index (Phi) is 5.77. The Balaban J connectivity index is 1.95. The summed E-state index contributed by atoms with van der Waals surface area (Å²) in [6.07, 6.45) is 13.1. The van der Waals surface area contributed by atoms with Gasteiger partial charge in [-0.3, -0.25) is 0 Å². The molecule has 2 heterocycles. The maximum Gasteiger partial charge on any atom is 0.0856 e. The zero-order chi connectivity index (χ0) is 13.8. The van der Waals surface area contributed by atoms with E-state index in [0.29, 0.717) is 4.83 Å². The SMILES string of the molecule is C#CC=CC[C@@H]1O[C@@H]2C[C@H](Br)[C@H](CC)O[C@@H]2C[C@@H]1Cl. The summed E-state index contributed by atoms with van der Waals surface area (Å²) in [4.78, 5) is 0.368. The molecule has 106 valence electrons. The standard InChI is InChI=1S/C15H20BrClO2/c1-3-5-6-7-13-11(17)9-15-14(19-13)8-10(16)12(4-2)18-15/h1,5-6,10-15H,4,7-9H2,2H3/t10-,11-,12-,13-,14+,15+/m0/s1. The quantitative estimate of drug-likeness (QED) is 0.573. The summed E-state index contributed by atoms with van der Waals surface area (Å²) < 4.78 is 12.2. The molecule has 6 atom stereocenters. The van der Waals surface area contributed by atoms with Gasteiger partial charge in [0.25, 0.3) is 0 Å². The van der Waals surface area contributed by atoms with Crippen molar-refractivity contribution in [1.29, 1.82) is 0 Å². The molecule has 0 unspecified atom stereocenters. The smallest absolute Gasteiger partial charge is 0.0856 e. The van der Waals surface area contributed by atoms with Gasteiger partial charge < -0.3 is 9.47 Å². The number of rotatable bonds is 3. The lowest BCUT2D eigenvalue weighted by molar-refractivity contribution is -0.181. The maximum atomic E-state index is 6.41. The van der Waals surface area contributed by atoms with Crippen LogP contribution in [0.4, 0.5) is 0 Å². The summed E-state index contributed by atoms with van der Waals surface area (Å²) in [6, 6.07) is 0. The first-order valence-corrected chi connectivity index (χ1v) is 8.21. The van der Waals surface area contributed by atoms with E-state index in [1.54, 1.807) is 6.08 Å². The molecule has 2 nitrogen and oxygen atoms in total. The number of fused-ring (bicyclic) bond motifs is 1. The van der Waals surface area contributed by atoms with Gasteiger partial charge in [-0.15, -0.1) is 18.0 Å². The van der Waals surface area contributed by atoms with Crippen molar-refractivity contribution in [2.24, 2.45) is 0 Å². The normalized spacial score (nSPS) is 42.8. The molecule has 0 spiro atoms. The van der Waals surface area contributed by atoms with Crippen molar-refractivity contribution in [1.82, 2.24) is 0 Å². The Morgan fingerprint density at radius 2 is 2.00 bits per heavy atom. The molecule has 4 heteroatoms. The van der Waals surface area contributed by atoms with E-state index in [9.17, 15) is 0 Å². The van der Waals surface area contributed by atoms with Gasteiger partial charge in [-0.2, -0.15) is 0 Å². The molecule has 2 saturated heterocycles. The lowest BCUT2D eigenvalue weighted by Crippen LogP contribution is -2.53. The molecular formula is C15H20BrClO2. The minimum absolute atomic E-state index is 0.00643. The number of hydrogen-bond donors (Lipinski definition) is 0. The average molecular weight is 348 g/mol. The maximum absolute atomic E-state index is 6.41. The summed E-state index contributed by atoms with van der Waals surface area (Å²) in [5, 5.41) is -0.00643. The third kappa shape index (κ3) is 3.76. The van der Waals surface area contributed by atoms with Crippen LogP contribution in [0.5, 0.6) is 0 Å².